The first-order chi connectivity index (χ1) is 12.3. The van der Waals surface area contributed by atoms with Gasteiger partial charge in [-0.1, -0.05) is 13.8 Å². The maximum Gasteiger partial charge on any atom is 0.266 e. The van der Waals surface area contributed by atoms with Crippen LogP contribution in [0.25, 0.3) is 11.0 Å². The van der Waals surface area contributed by atoms with E-state index in [-0.39, 0.29) is 29.8 Å². The highest BCUT2D eigenvalue weighted by Crippen LogP contribution is 2.16. The molecule has 0 aromatic carbocycles. The molecule has 0 unspecified atom stereocenters. The van der Waals surface area contributed by atoms with E-state index in [9.17, 15) is 14.4 Å². The number of carbonyl (C=O) groups is 2. The topological polar surface area (TPSA) is 93.3 Å². The molecular weight excluding hydrogens is 404 g/mol. The number of rotatable bonds is 3. The van der Waals surface area contributed by atoms with Crippen LogP contribution in [0.4, 0.5) is 0 Å². The predicted octanol–water partition coefficient (Wildman–Crippen LogP) is 0.219. The van der Waals surface area contributed by atoms with Crippen LogP contribution in [0.5, 0.6) is 0 Å². The number of hydrogen-bond donors (Lipinski definition) is 0. The van der Waals surface area contributed by atoms with Crippen LogP contribution < -0.4 is 5.56 Å². The van der Waals surface area contributed by atoms with Crippen LogP contribution >= 0.6 is 15.9 Å². The molecule has 0 atom stereocenters. The van der Waals surface area contributed by atoms with Crippen LogP contribution in [0, 0.1) is 5.92 Å². The second kappa shape index (κ2) is 7.18. The van der Waals surface area contributed by atoms with Crippen molar-refractivity contribution < 1.29 is 9.59 Å². The fraction of sp³-hybridized carbons (Fsp3) is 0.562. The molecule has 9 nitrogen and oxygen atoms in total. The number of carbonyl (C=O) groups excluding carboxylic acids is 2. The van der Waals surface area contributed by atoms with Crippen LogP contribution in [-0.4, -0.2) is 67.1 Å². The van der Waals surface area contributed by atoms with Gasteiger partial charge in [0.1, 0.15) is 22.9 Å². The van der Waals surface area contributed by atoms with E-state index in [2.05, 4.69) is 26.0 Å². The molecule has 0 spiro atoms. The zero-order valence-corrected chi connectivity index (χ0v) is 16.6. The standard InChI is InChI=1S/C16H21BrN6O3/c1-10(2)15(25)22-6-4-21(5-7-22)11(24)8-23-9-18-14-12(16(23)26)13(17)19-20(14)3/h9-10H,4-8H2,1-3H3. The summed E-state index contributed by atoms with van der Waals surface area (Å²) in [6.45, 7) is 5.63. The Morgan fingerprint density at radius 1 is 1.19 bits per heavy atom. The number of aryl methyl sites for hydroxylation is 1. The van der Waals surface area contributed by atoms with Crippen LogP contribution in [0.2, 0.25) is 0 Å². The van der Waals surface area contributed by atoms with Crippen molar-refractivity contribution in [2.45, 2.75) is 20.4 Å². The molecule has 0 bridgehead atoms. The summed E-state index contributed by atoms with van der Waals surface area (Å²) in [7, 11) is 1.70. The number of piperazine rings is 1. The van der Waals surface area contributed by atoms with E-state index in [0.29, 0.717) is 41.8 Å². The Hall–Kier alpha value is -2.23. The quantitative estimate of drug-likeness (QED) is 0.702. The first kappa shape index (κ1) is 18.6. The summed E-state index contributed by atoms with van der Waals surface area (Å²) < 4.78 is 3.22. The lowest BCUT2D eigenvalue weighted by atomic mass is 10.1. The van der Waals surface area contributed by atoms with Crippen LogP contribution in [0.3, 0.4) is 0 Å². The Labute approximate surface area is 158 Å². The zero-order valence-electron chi connectivity index (χ0n) is 15.0. The largest absolute Gasteiger partial charge is 0.339 e. The lowest BCUT2D eigenvalue weighted by Crippen LogP contribution is -2.52. The fourth-order valence-electron chi connectivity index (χ4n) is 3.04. The number of nitrogens with zero attached hydrogens (tertiary/aromatic N) is 6. The number of hydrogen-bond acceptors (Lipinski definition) is 5. The average Bonchev–Trinajstić information content (AvgIpc) is 2.91. The maximum atomic E-state index is 12.6. The van der Waals surface area contributed by atoms with Crippen LogP contribution in [-0.2, 0) is 23.2 Å². The van der Waals surface area contributed by atoms with Gasteiger partial charge < -0.3 is 9.80 Å². The van der Waals surface area contributed by atoms with Crippen molar-refractivity contribution in [3.8, 4) is 0 Å². The molecule has 1 aliphatic rings. The summed E-state index contributed by atoms with van der Waals surface area (Å²) in [5.41, 5.74) is 0.156. The van der Waals surface area contributed by atoms with Gasteiger partial charge in [0.2, 0.25) is 11.8 Å². The smallest absolute Gasteiger partial charge is 0.266 e. The normalized spacial score (nSPS) is 15.1. The third-order valence-electron chi connectivity index (χ3n) is 4.51. The summed E-state index contributed by atoms with van der Waals surface area (Å²) in [6, 6.07) is 0. The molecule has 2 aromatic rings. The minimum Gasteiger partial charge on any atom is -0.339 e. The van der Waals surface area contributed by atoms with Gasteiger partial charge in [0, 0.05) is 39.1 Å². The lowest BCUT2D eigenvalue weighted by molar-refractivity contribution is -0.141. The Morgan fingerprint density at radius 3 is 2.42 bits per heavy atom. The molecule has 10 heteroatoms. The van der Waals surface area contributed by atoms with Crippen LogP contribution in [0.1, 0.15) is 13.8 Å². The molecular formula is C16H21BrN6O3. The van der Waals surface area contributed by atoms with Crippen molar-refractivity contribution in [2.75, 3.05) is 26.2 Å². The molecule has 26 heavy (non-hydrogen) atoms. The molecule has 0 N–H and O–H groups in total. The lowest BCUT2D eigenvalue weighted by Gasteiger charge is -2.35. The summed E-state index contributed by atoms with van der Waals surface area (Å²) in [4.78, 5) is 44.9. The third kappa shape index (κ3) is 3.37. The molecule has 2 amide bonds. The highest BCUT2D eigenvalue weighted by molar-refractivity contribution is 9.10. The van der Waals surface area contributed by atoms with E-state index in [0.717, 1.165) is 0 Å². The van der Waals surface area contributed by atoms with Crippen molar-refractivity contribution in [3.63, 3.8) is 0 Å². The molecule has 140 valence electrons. The van der Waals surface area contributed by atoms with Gasteiger partial charge in [0.15, 0.2) is 5.65 Å². The minimum absolute atomic E-state index is 0.0495. The molecule has 2 aromatic heterocycles. The second-order valence-corrected chi connectivity index (χ2v) is 7.40. The molecule has 1 fully saturated rings. The van der Waals surface area contributed by atoms with E-state index < -0.39 is 0 Å². The molecule has 3 rings (SSSR count). The Kier molecular flexibility index (Phi) is 5.12. The van der Waals surface area contributed by atoms with Gasteiger partial charge in [-0.25, -0.2) is 9.67 Å². The monoisotopic (exact) mass is 424 g/mol. The fourth-order valence-corrected chi connectivity index (χ4v) is 3.62. The molecule has 3 heterocycles. The summed E-state index contributed by atoms with van der Waals surface area (Å²) in [6.07, 6.45) is 1.37. The first-order valence-electron chi connectivity index (χ1n) is 8.43. The van der Waals surface area contributed by atoms with Crippen LogP contribution in [0.15, 0.2) is 15.7 Å². The highest BCUT2D eigenvalue weighted by atomic mass is 79.9. The SMILES string of the molecule is CC(C)C(=O)N1CCN(C(=O)Cn2cnc3c(c(Br)nn3C)c2=O)CC1. The molecule has 0 radical (unpaired) electrons. The highest BCUT2D eigenvalue weighted by Gasteiger charge is 2.26. The minimum atomic E-state index is -0.308. The van der Waals surface area contributed by atoms with E-state index >= 15 is 0 Å². The summed E-state index contributed by atoms with van der Waals surface area (Å²) in [5.74, 6) is -0.110. The van der Waals surface area contributed by atoms with Crippen molar-refractivity contribution >= 4 is 38.8 Å². The van der Waals surface area contributed by atoms with Gasteiger partial charge in [0.25, 0.3) is 5.56 Å². The van der Waals surface area contributed by atoms with Gasteiger partial charge in [-0.2, -0.15) is 5.10 Å². The van der Waals surface area contributed by atoms with Crippen molar-refractivity contribution in [3.05, 3.63) is 21.3 Å². The van der Waals surface area contributed by atoms with Gasteiger partial charge in [-0.05, 0) is 15.9 Å². The number of aromatic nitrogens is 4. The third-order valence-corrected chi connectivity index (χ3v) is 5.07. The number of halogens is 1. The Morgan fingerprint density at radius 2 is 1.81 bits per heavy atom. The summed E-state index contributed by atoms with van der Waals surface area (Å²) in [5, 5.41) is 4.48. The van der Waals surface area contributed by atoms with Gasteiger partial charge in [0.05, 0.1) is 0 Å². The molecule has 0 aliphatic carbocycles. The maximum absolute atomic E-state index is 12.6. The van der Waals surface area contributed by atoms with E-state index in [1.54, 1.807) is 16.8 Å². The molecule has 1 aliphatic heterocycles. The average molecular weight is 425 g/mol. The van der Waals surface area contributed by atoms with Gasteiger partial charge in [-0.3, -0.25) is 19.0 Å². The van der Waals surface area contributed by atoms with Gasteiger partial charge >= 0.3 is 0 Å². The van der Waals surface area contributed by atoms with E-state index in [4.69, 9.17) is 0 Å². The Bertz CT molecular complexity index is 911. The van der Waals surface area contributed by atoms with Crippen molar-refractivity contribution in [1.82, 2.24) is 29.1 Å². The van der Waals surface area contributed by atoms with Gasteiger partial charge in [-0.15, -0.1) is 0 Å². The van der Waals surface area contributed by atoms with E-state index in [1.165, 1.54) is 15.6 Å². The number of amides is 2. The van der Waals surface area contributed by atoms with Crippen molar-refractivity contribution in [2.24, 2.45) is 13.0 Å². The second-order valence-electron chi connectivity index (χ2n) is 6.65. The summed E-state index contributed by atoms with van der Waals surface area (Å²) >= 11 is 3.26. The Balaban J connectivity index is 1.71. The molecule has 0 saturated carbocycles. The predicted molar refractivity (Wildman–Crippen MR) is 98.5 cm³/mol. The van der Waals surface area contributed by atoms with Crippen molar-refractivity contribution in [1.29, 1.82) is 0 Å². The first-order valence-corrected chi connectivity index (χ1v) is 9.23. The zero-order chi connectivity index (χ0) is 19.0. The number of fused-ring (bicyclic) bond motifs is 1. The molecule has 1 saturated heterocycles. The van der Waals surface area contributed by atoms with E-state index in [1.807, 2.05) is 13.8 Å².